The lowest BCUT2D eigenvalue weighted by Gasteiger charge is -2.13. The molecule has 1 aromatic rings. The van der Waals surface area contributed by atoms with E-state index in [-0.39, 0.29) is 6.61 Å². The van der Waals surface area contributed by atoms with Crippen molar-refractivity contribution in [3.8, 4) is 0 Å². The van der Waals surface area contributed by atoms with Crippen LogP contribution in [0.3, 0.4) is 0 Å². The molecule has 0 aromatic carbocycles. The molecular weight excluding hydrogens is 208 g/mol. The van der Waals surface area contributed by atoms with Gasteiger partial charge in [0.05, 0.1) is 17.2 Å². The molecule has 0 aliphatic heterocycles. The van der Waals surface area contributed by atoms with Crippen LogP contribution in [0.2, 0.25) is 0 Å². The number of hydrogen-bond acceptors (Lipinski definition) is 4. The van der Waals surface area contributed by atoms with Crippen LogP contribution in [0.15, 0.2) is 0 Å². The number of aliphatic hydroxyl groups excluding tert-OH is 1. The Bertz CT molecular complexity index is 299. The predicted octanol–water partition coefficient (Wildman–Crippen LogP) is 2.43. The Hall–Kier alpha value is -0.610. The van der Waals surface area contributed by atoms with Crippen molar-refractivity contribution in [2.75, 3.05) is 18.5 Å². The predicted molar refractivity (Wildman–Crippen MR) is 65.6 cm³/mol. The van der Waals surface area contributed by atoms with Gasteiger partial charge in [-0.3, -0.25) is 0 Å². The second kappa shape index (κ2) is 6.08. The van der Waals surface area contributed by atoms with Crippen molar-refractivity contribution < 1.29 is 5.11 Å². The molecule has 0 saturated carbocycles. The van der Waals surface area contributed by atoms with Crippen molar-refractivity contribution in [3.63, 3.8) is 0 Å². The second-order valence-corrected chi connectivity index (χ2v) is 4.76. The Kier molecular flexibility index (Phi) is 5.05. The zero-order valence-corrected chi connectivity index (χ0v) is 10.6. The first kappa shape index (κ1) is 12.5. The van der Waals surface area contributed by atoms with Crippen molar-refractivity contribution in [2.24, 2.45) is 0 Å². The minimum Gasteiger partial charge on any atom is -0.391 e. The van der Waals surface area contributed by atoms with Gasteiger partial charge in [-0.25, -0.2) is 4.98 Å². The molecule has 1 N–H and O–H groups in total. The number of hydrogen-bond donors (Lipinski definition) is 1. The third-order valence-electron chi connectivity index (χ3n) is 2.28. The number of aryl methyl sites for hydroxylation is 1. The molecule has 0 fully saturated rings. The topological polar surface area (TPSA) is 36.4 Å². The molecule has 4 heteroatoms. The molecule has 0 unspecified atom stereocenters. The molecule has 0 radical (unpaired) electrons. The lowest BCUT2D eigenvalue weighted by atomic mass is 10.2. The van der Waals surface area contributed by atoms with Crippen LogP contribution in [0.25, 0.3) is 0 Å². The van der Waals surface area contributed by atoms with Crippen LogP contribution in [0.4, 0.5) is 5.13 Å². The maximum atomic E-state index is 9.22. The van der Waals surface area contributed by atoms with E-state index in [1.54, 1.807) is 11.3 Å². The molecule has 0 aliphatic carbocycles. The highest BCUT2D eigenvalue weighted by Gasteiger charge is 2.11. The van der Waals surface area contributed by atoms with Crippen molar-refractivity contribution in [1.29, 1.82) is 0 Å². The Morgan fingerprint density at radius 1 is 1.33 bits per heavy atom. The molecule has 3 nitrogen and oxygen atoms in total. The van der Waals surface area contributed by atoms with E-state index in [0.29, 0.717) is 0 Å². The molecule has 0 saturated heterocycles. The maximum Gasteiger partial charge on any atom is 0.185 e. The fourth-order valence-corrected chi connectivity index (χ4v) is 2.47. The maximum absolute atomic E-state index is 9.22. The van der Waals surface area contributed by atoms with E-state index in [4.69, 9.17) is 0 Å². The van der Waals surface area contributed by atoms with Crippen LogP contribution < -0.4 is 4.90 Å². The highest BCUT2D eigenvalue weighted by atomic mass is 32.1. The van der Waals surface area contributed by atoms with Crippen LogP contribution >= 0.6 is 11.3 Å². The minimum absolute atomic E-state index is 0.118. The van der Waals surface area contributed by atoms with Crippen LogP contribution in [-0.4, -0.2) is 23.7 Å². The van der Waals surface area contributed by atoms with Crippen LogP contribution in [0.5, 0.6) is 0 Å². The van der Waals surface area contributed by atoms with Gasteiger partial charge in [0, 0.05) is 13.6 Å². The Morgan fingerprint density at radius 2 is 2.07 bits per heavy atom. The molecule has 86 valence electrons. The van der Waals surface area contributed by atoms with Gasteiger partial charge >= 0.3 is 0 Å². The number of thiazole rings is 1. The van der Waals surface area contributed by atoms with Crippen LogP contribution in [0, 0.1) is 0 Å². The summed E-state index contributed by atoms with van der Waals surface area (Å²) in [6.45, 7) is 5.43. The summed E-state index contributed by atoms with van der Waals surface area (Å²) >= 11 is 1.61. The zero-order valence-electron chi connectivity index (χ0n) is 9.79. The third kappa shape index (κ3) is 3.18. The average Bonchev–Trinajstić information content (AvgIpc) is 2.62. The molecule has 0 spiro atoms. The molecule has 1 aromatic heterocycles. The van der Waals surface area contributed by atoms with E-state index >= 15 is 0 Å². The van der Waals surface area contributed by atoms with E-state index in [1.165, 1.54) is 0 Å². The zero-order chi connectivity index (χ0) is 11.3. The van der Waals surface area contributed by atoms with Gasteiger partial charge in [-0.15, -0.1) is 0 Å². The summed E-state index contributed by atoms with van der Waals surface area (Å²) in [6, 6.07) is 0. The number of aliphatic hydroxyl groups is 1. The number of nitrogens with zero attached hydrogens (tertiary/aromatic N) is 2. The highest BCUT2D eigenvalue weighted by molar-refractivity contribution is 7.15. The van der Waals surface area contributed by atoms with Crippen LogP contribution in [-0.2, 0) is 13.0 Å². The largest absolute Gasteiger partial charge is 0.391 e. The molecular formula is C11H20N2OS. The summed E-state index contributed by atoms with van der Waals surface area (Å²) < 4.78 is 0. The summed E-state index contributed by atoms with van der Waals surface area (Å²) in [5.41, 5.74) is 1.07. The van der Waals surface area contributed by atoms with Gasteiger partial charge < -0.3 is 10.0 Å². The number of anilines is 1. The molecule has 1 rings (SSSR count). The van der Waals surface area contributed by atoms with Gasteiger partial charge in [-0.1, -0.05) is 31.6 Å². The molecule has 1 heterocycles. The van der Waals surface area contributed by atoms with Gasteiger partial charge in [0.1, 0.15) is 0 Å². The van der Waals surface area contributed by atoms with Crippen molar-refractivity contribution in [3.05, 3.63) is 10.6 Å². The summed E-state index contributed by atoms with van der Waals surface area (Å²) in [7, 11) is 2.05. The lowest BCUT2D eigenvalue weighted by molar-refractivity contribution is 0.284. The van der Waals surface area contributed by atoms with Gasteiger partial charge in [-0.2, -0.15) is 0 Å². The van der Waals surface area contributed by atoms with Gasteiger partial charge in [0.25, 0.3) is 0 Å². The molecule has 0 atom stereocenters. The van der Waals surface area contributed by atoms with Gasteiger partial charge in [-0.05, 0) is 12.8 Å². The van der Waals surface area contributed by atoms with Gasteiger partial charge in [0.2, 0.25) is 0 Å². The summed E-state index contributed by atoms with van der Waals surface area (Å²) in [5.74, 6) is 0. The highest BCUT2D eigenvalue weighted by Crippen LogP contribution is 2.26. The Morgan fingerprint density at radius 3 is 2.60 bits per heavy atom. The smallest absolute Gasteiger partial charge is 0.185 e. The van der Waals surface area contributed by atoms with Crippen LogP contribution in [0.1, 0.15) is 37.3 Å². The normalized spacial score (nSPS) is 10.7. The third-order valence-corrected chi connectivity index (χ3v) is 3.48. The minimum atomic E-state index is 0.118. The Balaban J connectivity index is 2.81. The first-order valence-electron chi connectivity index (χ1n) is 5.53. The van der Waals surface area contributed by atoms with E-state index < -0.39 is 0 Å². The summed E-state index contributed by atoms with van der Waals surface area (Å²) in [4.78, 5) is 7.75. The summed E-state index contributed by atoms with van der Waals surface area (Å²) in [5, 5.41) is 10.3. The van der Waals surface area contributed by atoms with E-state index in [1.807, 2.05) is 0 Å². The van der Waals surface area contributed by atoms with E-state index in [2.05, 4.69) is 30.8 Å². The quantitative estimate of drug-likeness (QED) is 0.812. The van der Waals surface area contributed by atoms with Gasteiger partial charge in [0.15, 0.2) is 5.13 Å². The van der Waals surface area contributed by atoms with Crippen molar-refractivity contribution in [1.82, 2.24) is 4.98 Å². The Labute approximate surface area is 95.8 Å². The first-order valence-corrected chi connectivity index (χ1v) is 6.35. The molecule has 15 heavy (non-hydrogen) atoms. The van der Waals surface area contributed by atoms with E-state index in [9.17, 15) is 5.11 Å². The molecule has 0 amide bonds. The molecule has 0 aliphatic rings. The average molecular weight is 228 g/mol. The standard InChI is InChI=1S/C11H20N2OS/c1-4-6-9-10(8-14)15-11(12-9)13(3)7-5-2/h14H,4-8H2,1-3H3. The van der Waals surface area contributed by atoms with Crippen molar-refractivity contribution in [2.45, 2.75) is 39.7 Å². The molecule has 0 bridgehead atoms. The number of rotatable bonds is 6. The first-order chi connectivity index (χ1) is 7.22. The fourth-order valence-electron chi connectivity index (χ4n) is 1.52. The fraction of sp³-hybridized carbons (Fsp3) is 0.727. The van der Waals surface area contributed by atoms with E-state index in [0.717, 1.165) is 41.5 Å². The summed E-state index contributed by atoms with van der Waals surface area (Å²) in [6.07, 6.45) is 3.16. The SMILES string of the molecule is CCCc1nc(N(C)CCC)sc1CO. The lowest BCUT2D eigenvalue weighted by Crippen LogP contribution is -2.17. The monoisotopic (exact) mass is 228 g/mol. The number of aromatic nitrogens is 1. The second-order valence-electron chi connectivity index (χ2n) is 3.70. The van der Waals surface area contributed by atoms with Crippen molar-refractivity contribution >= 4 is 16.5 Å².